The predicted molar refractivity (Wildman–Crippen MR) is 114 cm³/mol. The lowest BCUT2D eigenvalue weighted by atomic mass is 10.2. The summed E-state index contributed by atoms with van der Waals surface area (Å²) in [6, 6.07) is 11.2. The van der Waals surface area contributed by atoms with Gasteiger partial charge in [-0.2, -0.15) is 0 Å². The van der Waals surface area contributed by atoms with Gasteiger partial charge in [0.2, 0.25) is 5.91 Å². The van der Waals surface area contributed by atoms with Gasteiger partial charge in [-0.25, -0.2) is 0 Å². The molecule has 0 fully saturated rings. The number of thioether (sulfide) groups is 1. The molecule has 8 heteroatoms. The average molecular weight is 410 g/mol. The third-order valence-electron chi connectivity index (χ3n) is 4.75. The molecule has 1 atom stereocenters. The zero-order chi connectivity index (χ0) is 20.4. The van der Waals surface area contributed by atoms with Crippen molar-refractivity contribution in [3.63, 3.8) is 0 Å². The fourth-order valence-corrected chi connectivity index (χ4v) is 4.25. The molecule has 1 aromatic carbocycles. The largest absolute Gasteiger partial charge is 0.495 e. The number of benzene rings is 1. The maximum Gasteiger partial charge on any atom is 0.238 e. The van der Waals surface area contributed by atoms with Crippen LogP contribution >= 0.6 is 11.8 Å². The third kappa shape index (κ3) is 3.55. The number of aromatic nitrogens is 3. The van der Waals surface area contributed by atoms with E-state index in [0.717, 1.165) is 28.9 Å². The fraction of sp³-hybridized carbons (Fsp3) is 0.286. The summed E-state index contributed by atoms with van der Waals surface area (Å²) < 4.78 is 12.9. The number of methoxy groups -OCH3 is 1. The summed E-state index contributed by atoms with van der Waals surface area (Å²) in [7, 11) is 1.58. The van der Waals surface area contributed by atoms with Crippen LogP contribution in [0.25, 0.3) is 16.6 Å². The number of nitrogens with zero attached hydrogens (tertiary/aromatic N) is 3. The summed E-state index contributed by atoms with van der Waals surface area (Å²) in [5, 5.41) is 12.1. The molecule has 3 heterocycles. The molecule has 4 aromatic rings. The van der Waals surface area contributed by atoms with Gasteiger partial charge < -0.3 is 14.5 Å². The molecule has 0 saturated carbocycles. The second-order valence-corrected chi connectivity index (χ2v) is 7.71. The third-order valence-corrected chi connectivity index (χ3v) is 6.10. The number of rotatable bonds is 7. The highest BCUT2D eigenvalue weighted by molar-refractivity contribution is 8.00. The van der Waals surface area contributed by atoms with Crippen LogP contribution in [0, 0.1) is 0 Å². The topological polar surface area (TPSA) is 81.7 Å². The number of aryl methyl sites for hydroxylation is 1. The van der Waals surface area contributed by atoms with Crippen LogP contribution in [-0.4, -0.2) is 32.9 Å². The van der Waals surface area contributed by atoms with E-state index < -0.39 is 0 Å². The summed E-state index contributed by atoms with van der Waals surface area (Å²) in [6.45, 7) is 4.02. The van der Waals surface area contributed by atoms with Gasteiger partial charge in [0.1, 0.15) is 16.6 Å². The lowest BCUT2D eigenvalue weighted by Gasteiger charge is -2.16. The number of carbonyl (C=O) groups excluding carboxylic acids is 1. The van der Waals surface area contributed by atoms with Crippen LogP contribution in [0.4, 0.5) is 5.69 Å². The molecule has 0 unspecified atom stereocenters. The molecule has 0 aliphatic rings. The van der Waals surface area contributed by atoms with Crippen molar-refractivity contribution in [1.82, 2.24) is 14.6 Å². The number of amides is 1. The van der Waals surface area contributed by atoms with E-state index in [2.05, 4.69) is 19.9 Å². The van der Waals surface area contributed by atoms with Gasteiger partial charge in [-0.3, -0.25) is 9.20 Å². The first kappa shape index (κ1) is 19.3. The highest BCUT2D eigenvalue weighted by Gasteiger charge is 2.23. The molecular formula is C21H22N4O3S. The standard InChI is InChI=1S/C21H22N4O3S/c1-4-18(20(26)22-13-8-6-7-9-16(13)27-3)29-21-15-12-17-14(10-11-28-17)25(15)19(5-2)23-24-21/h6-12,18H,4-5H2,1-3H3,(H,22,26)/t18-/m1/s1. The first-order valence-corrected chi connectivity index (χ1v) is 10.4. The number of ether oxygens (including phenoxy) is 1. The van der Waals surface area contributed by atoms with Crippen molar-refractivity contribution in [2.75, 3.05) is 12.4 Å². The summed E-state index contributed by atoms with van der Waals surface area (Å²) in [4.78, 5) is 12.9. The van der Waals surface area contributed by atoms with E-state index in [1.165, 1.54) is 11.8 Å². The van der Waals surface area contributed by atoms with Crippen molar-refractivity contribution in [2.24, 2.45) is 0 Å². The molecule has 150 valence electrons. The van der Waals surface area contributed by atoms with Crippen molar-refractivity contribution in [1.29, 1.82) is 0 Å². The van der Waals surface area contributed by atoms with Gasteiger partial charge in [0.25, 0.3) is 0 Å². The minimum atomic E-state index is -0.327. The zero-order valence-electron chi connectivity index (χ0n) is 16.5. The van der Waals surface area contributed by atoms with Crippen molar-refractivity contribution in [3.05, 3.63) is 48.5 Å². The van der Waals surface area contributed by atoms with Gasteiger partial charge in [0.05, 0.1) is 35.3 Å². The molecule has 0 aliphatic carbocycles. The Bertz CT molecular complexity index is 1170. The summed E-state index contributed by atoms with van der Waals surface area (Å²) in [5.74, 6) is 1.38. The number of para-hydroxylation sites is 2. The minimum absolute atomic E-state index is 0.100. The number of carbonyl (C=O) groups is 1. The Kier molecular flexibility index (Phi) is 5.44. The van der Waals surface area contributed by atoms with Crippen molar-refractivity contribution in [3.8, 4) is 5.75 Å². The smallest absolute Gasteiger partial charge is 0.238 e. The Morgan fingerprint density at radius 3 is 2.83 bits per heavy atom. The summed E-state index contributed by atoms with van der Waals surface area (Å²) in [6.07, 6.45) is 3.06. The Labute approximate surface area is 172 Å². The maximum absolute atomic E-state index is 12.9. The minimum Gasteiger partial charge on any atom is -0.495 e. The van der Waals surface area contributed by atoms with E-state index in [9.17, 15) is 4.79 Å². The molecule has 1 amide bonds. The average Bonchev–Trinajstić information content (AvgIpc) is 3.34. The number of hydrogen-bond donors (Lipinski definition) is 1. The normalized spacial score (nSPS) is 12.4. The second kappa shape index (κ2) is 8.16. The van der Waals surface area contributed by atoms with Crippen LogP contribution in [0.3, 0.4) is 0 Å². The van der Waals surface area contributed by atoms with E-state index in [4.69, 9.17) is 9.15 Å². The molecule has 0 saturated heterocycles. The Morgan fingerprint density at radius 1 is 1.24 bits per heavy atom. The molecular weight excluding hydrogens is 388 g/mol. The summed E-state index contributed by atoms with van der Waals surface area (Å²) in [5.41, 5.74) is 3.29. The lowest BCUT2D eigenvalue weighted by Crippen LogP contribution is -2.25. The SMILES string of the molecule is CCc1nnc(S[C@H](CC)C(=O)Nc2ccccc2OC)c2cc3occc3n12. The van der Waals surface area contributed by atoms with Crippen LogP contribution in [0.5, 0.6) is 5.75 Å². The Hall–Kier alpha value is -3.00. The van der Waals surface area contributed by atoms with E-state index in [1.807, 2.05) is 50.2 Å². The molecule has 7 nitrogen and oxygen atoms in total. The molecule has 3 aromatic heterocycles. The van der Waals surface area contributed by atoms with Crippen LogP contribution in [0.1, 0.15) is 26.1 Å². The summed E-state index contributed by atoms with van der Waals surface area (Å²) >= 11 is 1.41. The van der Waals surface area contributed by atoms with Crippen molar-refractivity contribution < 1.29 is 13.9 Å². The van der Waals surface area contributed by atoms with Crippen LogP contribution in [0.2, 0.25) is 0 Å². The van der Waals surface area contributed by atoms with Gasteiger partial charge >= 0.3 is 0 Å². The molecule has 0 bridgehead atoms. The number of anilines is 1. The van der Waals surface area contributed by atoms with Crippen molar-refractivity contribution >= 4 is 40.0 Å². The van der Waals surface area contributed by atoms with Gasteiger partial charge in [-0.1, -0.05) is 37.7 Å². The predicted octanol–water partition coefficient (Wildman–Crippen LogP) is 4.56. The maximum atomic E-state index is 12.9. The molecule has 29 heavy (non-hydrogen) atoms. The van der Waals surface area contributed by atoms with E-state index in [0.29, 0.717) is 22.9 Å². The molecule has 0 aliphatic heterocycles. The van der Waals surface area contributed by atoms with Crippen LogP contribution in [0.15, 0.2) is 52.1 Å². The van der Waals surface area contributed by atoms with Crippen molar-refractivity contribution in [2.45, 2.75) is 37.0 Å². The fourth-order valence-electron chi connectivity index (χ4n) is 3.29. The monoisotopic (exact) mass is 410 g/mol. The first-order chi connectivity index (χ1) is 14.2. The zero-order valence-corrected chi connectivity index (χ0v) is 17.3. The van der Waals surface area contributed by atoms with Crippen LogP contribution < -0.4 is 10.1 Å². The van der Waals surface area contributed by atoms with E-state index in [-0.39, 0.29) is 11.2 Å². The Morgan fingerprint density at radius 2 is 2.07 bits per heavy atom. The highest BCUT2D eigenvalue weighted by Crippen LogP contribution is 2.33. The van der Waals surface area contributed by atoms with Gasteiger partial charge in [-0.05, 0) is 18.6 Å². The lowest BCUT2D eigenvalue weighted by molar-refractivity contribution is -0.115. The molecule has 0 spiro atoms. The second-order valence-electron chi connectivity index (χ2n) is 6.51. The molecule has 0 radical (unpaired) electrons. The first-order valence-electron chi connectivity index (χ1n) is 9.51. The number of hydrogen-bond acceptors (Lipinski definition) is 6. The number of fused-ring (bicyclic) bond motifs is 3. The number of nitrogens with one attached hydrogen (secondary N) is 1. The Balaban J connectivity index is 1.65. The van der Waals surface area contributed by atoms with Gasteiger partial charge in [0, 0.05) is 18.6 Å². The van der Waals surface area contributed by atoms with Crippen LogP contribution in [-0.2, 0) is 11.2 Å². The quantitative estimate of drug-likeness (QED) is 0.450. The highest BCUT2D eigenvalue weighted by atomic mass is 32.2. The van der Waals surface area contributed by atoms with Gasteiger partial charge in [-0.15, -0.1) is 10.2 Å². The van der Waals surface area contributed by atoms with Gasteiger partial charge in [0.15, 0.2) is 5.58 Å². The van der Waals surface area contributed by atoms with E-state index in [1.54, 1.807) is 13.4 Å². The van der Waals surface area contributed by atoms with E-state index >= 15 is 0 Å². The molecule has 1 N–H and O–H groups in total. The number of furan rings is 1. The molecule has 4 rings (SSSR count).